The summed E-state index contributed by atoms with van der Waals surface area (Å²) in [5.74, 6) is -0.741. The maximum Gasteiger partial charge on any atom is 0.255 e. The van der Waals surface area contributed by atoms with Crippen molar-refractivity contribution in [2.24, 2.45) is 5.41 Å². The van der Waals surface area contributed by atoms with Gasteiger partial charge in [-0.05, 0) is 49.2 Å². The number of amides is 2. The Kier molecular flexibility index (Phi) is 6.56. The number of hydrogen-bond donors (Lipinski definition) is 1. The zero-order valence-corrected chi connectivity index (χ0v) is 20.2. The van der Waals surface area contributed by atoms with E-state index < -0.39 is 21.2 Å². The van der Waals surface area contributed by atoms with Gasteiger partial charge in [0, 0.05) is 41.9 Å². The fraction of sp³-hybridized carbons (Fsp3) is 0.348. The Morgan fingerprint density at radius 2 is 1.76 bits per heavy atom. The summed E-state index contributed by atoms with van der Waals surface area (Å²) in [7, 11) is -3.67. The van der Waals surface area contributed by atoms with Gasteiger partial charge in [0.05, 0.1) is 11.0 Å². The van der Waals surface area contributed by atoms with Gasteiger partial charge in [0.25, 0.3) is 5.91 Å². The second-order valence-electron chi connectivity index (χ2n) is 8.34. The van der Waals surface area contributed by atoms with Crippen molar-refractivity contribution in [1.82, 2.24) is 9.80 Å². The van der Waals surface area contributed by atoms with E-state index in [1.807, 2.05) is 6.07 Å². The second kappa shape index (κ2) is 9.25. The summed E-state index contributed by atoms with van der Waals surface area (Å²) in [6, 6.07) is 15.2. The SMILES string of the molecule is N#CC1(C(=O)N2CCN(CS(=O)(=O)c3cccc(C(=O)Nc4cccc(Br)c4)c3)CC2)CC1. The highest BCUT2D eigenvalue weighted by Crippen LogP contribution is 2.46. The number of hydrogen-bond acceptors (Lipinski definition) is 6. The van der Waals surface area contributed by atoms with E-state index in [4.69, 9.17) is 0 Å². The number of carbonyl (C=O) groups is 2. The van der Waals surface area contributed by atoms with Crippen molar-refractivity contribution in [2.75, 3.05) is 37.4 Å². The summed E-state index contributed by atoms with van der Waals surface area (Å²) in [6.45, 7) is 1.62. The first-order chi connectivity index (χ1) is 15.7. The number of anilines is 1. The van der Waals surface area contributed by atoms with E-state index in [-0.39, 0.29) is 22.2 Å². The van der Waals surface area contributed by atoms with Gasteiger partial charge in [-0.1, -0.05) is 28.1 Å². The monoisotopic (exact) mass is 530 g/mol. The average molecular weight is 531 g/mol. The molecule has 1 aliphatic heterocycles. The Morgan fingerprint density at radius 1 is 1.06 bits per heavy atom. The van der Waals surface area contributed by atoms with Gasteiger partial charge in [0.15, 0.2) is 9.84 Å². The van der Waals surface area contributed by atoms with E-state index in [2.05, 4.69) is 27.3 Å². The van der Waals surface area contributed by atoms with Crippen molar-refractivity contribution in [3.8, 4) is 6.07 Å². The topological polar surface area (TPSA) is 111 Å². The number of carbonyl (C=O) groups excluding carboxylic acids is 2. The highest BCUT2D eigenvalue weighted by atomic mass is 79.9. The van der Waals surface area contributed by atoms with Crippen molar-refractivity contribution in [3.63, 3.8) is 0 Å². The lowest BCUT2D eigenvalue weighted by Crippen LogP contribution is -2.51. The molecule has 8 nitrogen and oxygen atoms in total. The van der Waals surface area contributed by atoms with Crippen LogP contribution in [0.3, 0.4) is 0 Å². The lowest BCUT2D eigenvalue weighted by molar-refractivity contribution is -0.136. The Labute approximate surface area is 201 Å². The molecular weight excluding hydrogens is 508 g/mol. The maximum atomic E-state index is 13.0. The fourth-order valence-electron chi connectivity index (χ4n) is 3.80. The number of halogens is 1. The lowest BCUT2D eigenvalue weighted by Gasteiger charge is -2.35. The zero-order valence-electron chi connectivity index (χ0n) is 17.8. The van der Waals surface area contributed by atoms with Gasteiger partial charge in [0.1, 0.15) is 11.3 Å². The molecule has 0 spiro atoms. The Bertz CT molecular complexity index is 1230. The van der Waals surface area contributed by atoms with Gasteiger partial charge >= 0.3 is 0 Å². The normalized spacial score (nSPS) is 17.8. The Balaban J connectivity index is 1.38. The molecule has 1 N–H and O–H groups in total. The molecule has 0 bridgehead atoms. The van der Waals surface area contributed by atoms with Gasteiger partial charge in [-0.15, -0.1) is 0 Å². The van der Waals surface area contributed by atoms with E-state index in [0.29, 0.717) is 44.7 Å². The van der Waals surface area contributed by atoms with E-state index in [9.17, 15) is 23.3 Å². The molecule has 4 rings (SSSR count). The minimum atomic E-state index is -3.67. The highest BCUT2D eigenvalue weighted by molar-refractivity contribution is 9.10. The van der Waals surface area contributed by atoms with Crippen LogP contribution in [0.5, 0.6) is 0 Å². The van der Waals surface area contributed by atoms with Crippen LogP contribution in [0.4, 0.5) is 5.69 Å². The molecule has 0 atom stereocenters. The molecule has 2 aromatic carbocycles. The van der Waals surface area contributed by atoms with Crippen molar-refractivity contribution in [3.05, 3.63) is 58.6 Å². The van der Waals surface area contributed by atoms with Crippen LogP contribution >= 0.6 is 15.9 Å². The first kappa shape index (κ1) is 23.4. The number of nitriles is 1. The van der Waals surface area contributed by atoms with Gasteiger partial charge < -0.3 is 10.2 Å². The molecule has 1 saturated carbocycles. The molecule has 2 aliphatic rings. The first-order valence-corrected chi connectivity index (χ1v) is 13.0. The summed E-state index contributed by atoms with van der Waals surface area (Å²) in [5, 5.41) is 12.0. The fourth-order valence-corrected chi connectivity index (χ4v) is 5.68. The summed E-state index contributed by atoms with van der Waals surface area (Å²) in [6.07, 6.45) is 1.20. The molecule has 10 heteroatoms. The number of rotatable bonds is 6. The van der Waals surface area contributed by atoms with Crippen molar-refractivity contribution in [1.29, 1.82) is 5.26 Å². The number of benzene rings is 2. The van der Waals surface area contributed by atoms with Crippen LogP contribution in [-0.4, -0.2) is 62.1 Å². The second-order valence-corrected chi connectivity index (χ2v) is 11.2. The standard InChI is InChI=1S/C23H23BrN4O4S/c24-18-4-2-5-19(14-18)26-21(29)17-3-1-6-20(13-17)33(31,32)16-27-9-11-28(12-10-27)22(30)23(15-25)7-8-23/h1-6,13-14H,7-12,16H2,(H,26,29). The van der Waals surface area contributed by atoms with Crippen LogP contribution in [0.15, 0.2) is 57.9 Å². The molecular formula is C23H23BrN4O4S. The highest BCUT2D eigenvalue weighted by Gasteiger charge is 2.52. The van der Waals surface area contributed by atoms with E-state index >= 15 is 0 Å². The van der Waals surface area contributed by atoms with E-state index in [1.165, 1.54) is 12.1 Å². The summed E-state index contributed by atoms with van der Waals surface area (Å²) >= 11 is 3.35. The predicted octanol–water partition coefficient (Wildman–Crippen LogP) is 2.88. The Morgan fingerprint density at radius 3 is 2.39 bits per heavy atom. The van der Waals surface area contributed by atoms with Crippen LogP contribution in [0, 0.1) is 16.7 Å². The molecule has 1 aliphatic carbocycles. The van der Waals surface area contributed by atoms with E-state index in [1.54, 1.807) is 40.1 Å². The molecule has 1 heterocycles. The van der Waals surface area contributed by atoms with Crippen molar-refractivity contribution in [2.45, 2.75) is 17.7 Å². The number of nitrogens with one attached hydrogen (secondary N) is 1. The summed E-state index contributed by atoms with van der Waals surface area (Å²) in [4.78, 5) is 28.6. The minimum Gasteiger partial charge on any atom is -0.339 e. The van der Waals surface area contributed by atoms with Crippen molar-refractivity contribution >= 4 is 43.3 Å². The number of nitrogens with zero attached hydrogens (tertiary/aromatic N) is 3. The van der Waals surface area contributed by atoms with Gasteiger partial charge in [0.2, 0.25) is 5.91 Å². The summed E-state index contributed by atoms with van der Waals surface area (Å²) in [5.41, 5.74) is -0.0115. The molecule has 0 aromatic heterocycles. The molecule has 1 saturated heterocycles. The molecule has 0 radical (unpaired) electrons. The van der Waals surface area contributed by atoms with Gasteiger partial charge in [-0.3, -0.25) is 14.5 Å². The minimum absolute atomic E-state index is 0.0734. The third kappa shape index (κ3) is 5.27. The Hall–Kier alpha value is -2.74. The van der Waals surface area contributed by atoms with Crippen LogP contribution in [0.25, 0.3) is 0 Å². The summed E-state index contributed by atoms with van der Waals surface area (Å²) < 4.78 is 26.8. The smallest absolute Gasteiger partial charge is 0.255 e. The zero-order chi connectivity index (χ0) is 23.6. The molecule has 2 amide bonds. The number of piperazine rings is 1. The largest absolute Gasteiger partial charge is 0.339 e. The van der Waals surface area contributed by atoms with Crippen LogP contribution < -0.4 is 5.32 Å². The molecule has 2 aromatic rings. The molecule has 2 fully saturated rings. The van der Waals surface area contributed by atoms with E-state index in [0.717, 1.165) is 4.47 Å². The third-order valence-electron chi connectivity index (χ3n) is 5.92. The molecule has 172 valence electrons. The van der Waals surface area contributed by atoms with Crippen LogP contribution in [0.2, 0.25) is 0 Å². The molecule has 33 heavy (non-hydrogen) atoms. The third-order valence-corrected chi connectivity index (χ3v) is 8.09. The maximum absolute atomic E-state index is 13.0. The first-order valence-electron chi connectivity index (χ1n) is 10.6. The van der Waals surface area contributed by atoms with Gasteiger partial charge in [-0.25, -0.2) is 8.42 Å². The number of sulfone groups is 1. The van der Waals surface area contributed by atoms with Crippen molar-refractivity contribution < 1.29 is 18.0 Å². The van der Waals surface area contributed by atoms with Crippen LogP contribution in [0.1, 0.15) is 23.2 Å². The van der Waals surface area contributed by atoms with Crippen LogP contribution in [-0.2, 0) is 14.6 Å². The predicted molar refractivity (Wildman–Crippen MR) is 126 cm³/mol. The molecule has 0 unspecified atom stereocenters. The van der Waals surface area contributed by atoms with Gasteiger partial charge in [-0.2, -0.15) is 5.26 Å². The average Bonchev–Trinajstić information content (AvgIpc) is 3.60. The quantitative estimate of drug-likeness (QED) is 0.614. The lowest BCUT2D eigenvalue weighted by atomic mass is 10.1.